The van der Waals surface area contributed by atoms with Crippen molar-refractivity contribution in [3.63, 3.8) is 0 Å². The molecule has 0 aliphatic heterocycles. The molecule has 0 fully saturated rings. The second kappa shape index (κ2) is 4.63. The third-order valence-electron chi connectivity index (χ3n) is 2.24. The van der Waals surface area contributed by atoms with Gasteiger partial charge in [0.2, 0.25) is 5.79 Å². The van der Waals surface area contributed by atoms with Gasteiger partial charge in [0.05, 0.1) is 0 Å². The summed E-state index contributed by atoms with van der Waals surface area (Å²) in [4.78, 5) is 0. The summed E-state index contributed by atoms with van der Waals surface area (Å²) in [6.07, 6.45) is 7.16. The molecule has 1 N–H and O–H groups in total. The van der Waals surface area contributed by atoms with Gasteiger partial charge in [0.15, 0.2) is 5.60 Å². The van der Waals surface area contributed by atoms with Crippen molar-refractivity contribution in [2.24, 2.45) is 0 Å². The zero-order chi connectivity index (χ0) is 11.4. The van der Waals surface area contributed by atoms with E-state index < -0.39 is 11.4 Å². The van der Waals surface area contributed by atoms with E-state index in [1.165, 1.54) is 0 Å². The minimum Gasteiger partial charge on any atom is -0.370 e. The van der Waals surface area contributed by atoms with Gasteiger partial charge in [-0.15, -0.1) is 0 Å². The van der Waals surface area contributed by atoms with Crippen LogP contribution in [-0.4, -0.2) is 30.7 Å². The quantitative estimate of drug-likeness (QED) is 0.421. The summed E-state index contributed by atoms with van der Waals surface area (Å²) >= 11 is 0. The van der Waals surface area contributed by atoms with Crippen molar-refractivity contribution >= 4 is 0 Å². The van der Waals surface area contributed by atoms with Crippen molar-refractivity contribution < 1.29 is 14.6 Å². The van der Waals surface area contributed by atoms with Gasteiger partial charge in [0.25, 0.3) is 0 Å². The Labute approximate surface area is 90.4 Å². The van der Waals surface area contributed by atoms with Gasteiger partial charge >= 0.3 is 0 Å². The van der Waals surface area contributed by atoms with Gasteiger partial charge in [-0.2, -0.15) is 0 Å². The SMILES string of the molecule is CCC#CC1(O)C=CC(OC)(OC)C=C1. The Hall–Kier alpha value is -1.08. The normalized spacial score (nSPS) is 20.8. The van der Waals surface area contributed by atoms with Gasteiger partial charge in [-0.1, -0.05) is 18.8 Å². The predicted molar refractivity (Wildman–Crippen MR) is 58.0 cm³/mol. The summed E-state index contributed by atoms with van der Waals surface area (Å²) in [5.74, 6) is 4.72. The van der Waals surface area contributed by atoms with Gasteiger partial charge in [-0.3, -0.25) is 0 Å². The fourth-order valence-corrected chi connectivity index (χ4v) is 1.27. The highest BCUT2D eigenvalue weighted by molar-refractivity contribution is 5.37. The van der Waals surface area contributed by atoms with E-state index in [0.29, 0.717) is 6.42 Å². The zero-order valence-electron chi connectivity index (χ0n) is 9.28. The summed E-state index contributed by atoms with van der Waals surface area (Å²) < 4.78 is 10.3. The highest BCUT2D eigenvalue weighted by Gasteiger charge is 2.31. The molecule has 82 valence electrons. The van der Waals surface area contributed by atoms with Crippen molar-refractivity contribution in [2.75, 3.05) is 14.2 Å². The molecule has 0 radical (unpaired) electrons. The molecule has 0 saturated heterocycles. The largest absolute Gasteiger partial charge is 0.370 e. The topological polar surface area (TPSA) is 38.7 Å². The van der Waals surface area contributed by atoms with Crippen LogP contribution in [0.2, 0.25) is 0 Å². The Morgan fingerprint density at radius 3 is 2.07 bits per heavy atom. The molecule has 0 bridgehead atoms. The molecule has 15 heavy (non-hydrogen) atoms. The Kier molecular flexibility index (Phi) is 3.70. The first-order valence-corrected chi connectivity index (χ1v) is 4.83. The Bertz CT molecular complexity index is 311. The molecule has 0 saturated carbocycles. The van der Waals surface area contributed by atoms with Crippen LogP contribution in [-0.2, 0) is 9.47 Å². The summed E-state index contributed by atoms with van der Waals surface area (Å²) in [7, 11) is 3.08. The van der Waals surface area contributed by atoms with Crippen LogP contribution in [0.3, 0.4) is 0 Å². The lowest BCUT2D eigenvalue weighted by Crippen LogP contribution is -2.35. The maximum absolute atomic E-state index is 9.97. The second-order valence-electron chi connectivity index (χ2n) is 3.28. The standard InChI is InChI=1S/C12H16O3/c1-4-5-6-11(13)7-9-12(14-2,15-3)10-8-11/h7-10,13H,4H2,1-3H3. The van der Waals surface area contributed by atoms with E-state index >= 15 is 0 Å². The first kappa shape index (κ1) is 12.0. The monoisotopic (exact) mass is 208 g/mol. The van der Waals surface area contributed by atoms with Crippen LogP contribution >= 0.6 is 0 Å². The van der Waals surface area contributed by atoms with Gasteiger partial charge < -0.3 is 14.6 Å². The van der Waals surface area contributed by atoms with Crippen LogP contribution in [0.5, 0.6) is 0 Å². The number of ether oxygens (including phenoxy) is 2. The minimum atomic E-state index is -1.20. The van der Waals surface area contributed by atoms with Crippen molar-refractivity contribution in [1.29, 1.82) is 0 Å². The first-order chi connectivity index (χ1) is 7.10. The van der Waals surface area contributed by atoms with Gasteiger partial charge in [0, 0.05) is 20.6 Å². The van der Waals surface area contributed by atoms with E-state index in [1.807, 2.05) is 6.92 Å². The fraction of sp³-hybridized carbons (Fsp3) is 0.500. The lowest BCUT2D eigenvalue weighted by Gasteiger charge is -2.29. The summed E-state index contributed by atoms with van der Waals surface area (Å²) in [6, 6.07) is 0. The molecule has 0 aromatic rings. The van der Waals surface area contributed by atoms with Gasteiger partial charge in [-0.25, -0.2) is 0 Å². The van der Waals surface area contributed by atoms with Gasteiger partial charge in [-0.05, 0) is 24.3 Å². The third kappa shape index (κ3) is 2.69. The first-order valence-electron chi connectivity index (χ1n) is 4.83. The van der Waals surface area contributed by atoms with Crippen molar-refractivity contribution in [3.05, 3.63) is 24.3 Å². The van der Waals surface area contributed by atoms with E-state index in [9.17, 15) is 5.11 Å². The zero-order valence-corrected chi connectivity index (χ0v) is 9.28. The number of methoxy groups -OCH3 is 2. The molecular weight excluding hydrogens is 192 g/mol. The van der Waals surface area contributed by atoms with Crippen LogP contribution in [0.25, 0.3) is 0 Å². The summed E-state index contributed by atoms with van der Waals surface area (Å²) in [5.41, 5.74) is -1.20. The van der Waals surface area contributed by atoms with E-state index in [0.717, 1.165) is 0 Å². The van der Waals surface area contributed by atoms with Crippen LogP contribution in [0.4, 0.5) is 0 Å². The Morgan fingerprint density at radius 2 is 1.67 bits per heavy atom. The number of aliphatic hydroxyl groups is 1. The van der Waals surface area contributed by atoms with Crippen molar-refractivity contribution in [1.82, 2.24) is 0 Å². The number of hydrogen-bond acceptors (Lipinski definition) is 3. The molecule has 1 aliphatic rings. The molecule has 3 heteroatoms. The molecular formula is C12H16O3. The molecule has 1 aliphatic carbocycles. The smallest absolute Gasteiger partial charge is 0.207 e. The molecule has 3 nitrogen and oxygen atoms in total. The molecule has 0 heterocycles. The lowest BCUT2D eigenvalue weighted by molar-refractivity contribution is -0.135. The van der Waals surface area contributed by atoms with E-state index in [2.05, 4.69) is 11.8 Å². The second-order valence-corrected chi connectivity index (χ2v) is 3.28. The lowest BCUT2D eigenvalue weighted by atomic mass is 9.95. The Balaban J connectivity index is 2.87. The molecule has 0 unspecified atom stereocenters. The summed E-state index contributed by atoms with van der Waals surface area (Å²) in [6.45, 7) is 1.93. The van der Waals surface area contributed by atoms with E-state index in [4.69, 9.17) is 9.47 Å². The molecule has 0 aromatic heterocycles. The summed E-state index contributed by atoms with van der Waals surface area (Å²) in [5, 5.41) is 9.97. The predicted octanol–water partition coefficient (Wildman–Crippen LogP) is 1.25. The molecule has 0 atom stereocenters. The van der Waals surface area contributed by atoms with Gasteiger partial charge in [0.1, 0.15) is 0 Å². The maximum atomic E-state index is 9.97. The average Bonchev–Trinajstić information content (AvgIpc) is 2.29. The number of rotatable bonds is 2. The Morgan fingerprint density at radius 1 is 1.13 bits per heavy atom. The molecule has 0 amide bonds. The van der Waals surface area contributed by atoms with Crippen molar-refractivity contribution in [2.45, 2.75) is 24.7 Å². The highest BCUT2D eigenvalue weighted by Crippen LogP contribution is 2.24. The van der Waals surface area contributed by atoms with Crippen LogP contribution in [0.15, 0.2) is 24.3 Å². The minimum absolute atomic E-state index is 0.712. The van der Waals surface area contributed by atoms with Crippen molar-refractivity contribution in [3.8, 4) is 11.8 Å². The van der Waals surface area contributed by atoms with Crippen LogP contribution < -0.4 is 0 Å². The highest BCUT2D eigenvalue weighted by atomic mass is 16.7. The van der Waals surface area contributed by atoms with Crippen LogP contribution in [0, 0.1) is 11.8 Å². The fourth-order valence-electron chi connectivity index (χ4n) is 1.27. The van der Waals surface area contributed by atoms with E-state index in [1.54, 1.807) is 38.5 Å². The maximum Gasteiger partial charge on any atom is 0.207 e. The molecule has 0 spiro atoms. The van der Waals surface area contributed by atoms with E-state index in [-0.39, 0.29) is 0 Å². The average molecular weight is 208 g/mol. The number of hydrogen-bond donors (Lipinski definition) is 1. The molecule has 0 aromatic carbocycles. The molecule has 1 rings (SSSR count). The van der Waals surface area contributed by atoms with Crippen LogP contribution in [0.1, 0.15) is 13.3 Å². The third-order valence-corrected chi connectivity index (χ3v) is 2.24.